The molecule has 2 aromatic rings. The highest BCUT2D eigenvalue weighted by Crippen LogP contribution is 2.22. The lowest BCUT2D eigenvalue weighted by molar-refractivity contribution is 0.487. The van der Waals surface area contributed by atoms with Gasteiger partial charge in [-0.15, -0.1) is 10.2 Å². The predicted octanol–water partition coefficient (Wildman–Crippen LogP) is 1.52. The van der Waals surface area contributed by atoms with Gasteiger partial charge in [-0.05, 0) is 10.4 Å². The van der Waals surface area contributed by atoms with Crippen molar-refractivity contribution < 1.29 is 0 Å². The molecule has 16 heavy (non-hydrogen) atoms. The van der Waals surface area contributed by atoms with Crippen LogP contribution in [0.3, 0.4) is 0 Å². The van der Waals surface area contributed by atoms with E-state index < -0.39 is 0 Å². The van der Waals surface area contributed by atoms with Crippen LogP contribution < -0.4 is 0 Å². The smallest absolute Gasteiger partial charge is 0.157 e. The molecule has 6 nitrogen and oxygen atoms in total. The van der Waals surface area contributed by atoms with Crippen molar-refractivity contribution >= 4 is 23.1 Å². The van der Waals surface area contributed by atoms with E-state index in [0.29, 0.717) is 16.6 Å². The molecular formula is C8H11ClN6S. The first kappa shape index (κ1) is 11.4. The van der Waals surface area contributed by atoms with E-state index in [4.69, 9.17) is 11.6 Å². The Hall–Kier alpha value is -1.08. The summed E-state index contributed by atoms with van der Waals surface area (Å²) in [6, 6.07) is 0. The predicted molar refractivity (Wildman–Crippen MR) is 60.5 cm³/mol. The van der Waals surface area contributed by atoms with Crippen molar-refractivity contribution in [3.63, 3.8) is 0 Å². The first-order valence-electron chi connectivity index (χ1n) is 4.72. The maximum atomic E-state index is 5.93. The van der Waals surface area contributed by atoms with Gasteiger partial charge in [0.2, 0.25) is 0 Å². The van der Waals surface area contributed by atoms with E-state index in [2.05, 4.69) is 45.9 Å². The Morgan fingerprint density at radius 2 is 2.06 bits per heavy atom. The summed E-state index contributed by atoms with van der Waals surface area (Å²) in [5.74, 6) is 0.802. The fraction of sp³-hybridized carbons (Fsp3) is 0.625. The van der Waals surface area contributed by atoms with Crippen molar-refractivity contribution in [2.45, 2.75) is 32.7 Å². The maximum absolute atomic E-state index is 5.93. The van der Waals surface area contributed by atoms with Gasteiger partial charge in [0.25, 0.3) is 0 Å². The van der Waals surface area contributed by atoms with Gasteiger partial charge >= 0.3 is 0 Å². The Morgan fingerprint density at radius 3 is 2.62 bits per heavy atom. The SMILES string of the molecule is CC(C)(C)c1nnnn1Cc1nnsc1Cl. The average molecular weight is 259 g/mol. The van der Waals surface area contributed by atoms with Gasteiger partial charge in [-0.1, -0.05) is 36.9 Å². The van der Waals surface area contributed by atoms with Crippen molar-refractivity contribution in [3.8, 4) is 0 Å². The molecule has 2 heterocycles. The maximum Gasteiger partial charge on any atom is 0.157 e. The molecule has 8 heteroatoms. The number of aromatic nitrogens is 6. The molecule has 0 saturated heterocycles. The van der Waals surface area contributed by atoms with E-state index in [9.17, 15) is 0 Å². The summed E-state index contributed by atoms with van der Waals surface area (Å²) in [7, 11) is 0. The molecule has 0 amide bonds. The Labute approximate surface area is 102 Å². The van der Waals surface area contributed by atoms with Gasteiger partial charge in [-0.2, -0.15) is 0 Å². The third-order valence-electron chi connectivity index (χ3n) is 2.01. The fourth-order valence-corrected chi connectivity index (χ4v) is 1.89. The molecule has 0 aliphatic rings. The van der Waals surface area contributed by atoms with E-state index in [1.807, 2.05) is 0 Å². The van der Waals surface area contributed by atoms with Gasteiger partial charge < -0.3 is 0 Å². The molecule has 0 aromatic carbocycles. The molecule has 0 aliphatic carbocycles. The van der Waals surface area contributed by atoms with Crippen LogP contribution in [0.2, 0.25) is 4.34 Å². The molecule has 0 bridgehead atoms. The van der Waals surface area contributed by atoms with E-state index in [1.54, 1.807) is 4.68 Å². The average Bonchev–Trinajstić information content (AvgIpc) is 2.76. The van der Waals surface area contributed by atoms with Gasteiger partial charge in [-0.25, -0.2) is 4.68 Å². The van der Waals surface area contributed by atoms with Crippen molar-refractivity contribution in [2.24, 2.45) is 0 Å². The highest BCUT2D eigenvalue weighted by molar-refractivity contribution is 7.10. The molecule has 2 rings (SSSR count). The molecule has 0 spiro atoms. The van der Waals surface area contributed by atoms with Crippen LogP contribution >= 0.6 is 23.1 Å². The molecule has 0 saturated carbocycles. The second kappa shape index (κ2) is 4.06. The van der Waals surface area contributed by atoms with Crippen LogP contribution in [0.5, 0.6) is 0 Å². The van der Waals surface area contributed by atoms with Crippen molar-refractivity contribution in [3.05, 3.63) is 15.9 Å². The summed E-state index contributed by atoms with van der Waals surface area (Å²) in [6.45, 7) is 6.61. The summed E-state index contributed by atoms with van der Waals surface area (Å²) in [5.41, 5.74) is 0.587. The quantitative estimate of drug-likeness (QED) is 0.817. The van der Waals surface area contributed by atoms with E-state index in [-0.39, 0.29) is 5.41 Å². The lowest BCUT2D eigenvalue weighted by atomic mass is 9.96. The monoisotopic (exact) mass is 258 g/mol. The highest BCUT2D eigenvalue weighted by Gasteiger charge is 2.22. The van der Waals surface area contributed by atoms with Crippen LogP contribution in [-0.2, 0) is 12.0 Å². The zero-order valence-electron chi connectivity index (χ0n) is 9.18. The number of hydrogen-bond donors (Lipinski definition) is 0. The van der Waals surface area contributed by atoms with Crippen LogP contribution in [0.15, 0.2) is 0 Å². The molecular weight excluding hydrogens is 248 g/mol. The number of rotatable bonds is 2. The molecule has 0 radical (unpaired) electrons. The molecule has 0 unspecified atom stereocenters. The first-order valence-corrected chi connectivity index (χ1v) is 5.87. The molecule has 0 N–H and O–H groups in total. The highest BCUT2D eigenvalue weighted by atomic mass is 35.5. The Morgan fingerprint density at radius 1 is 1.31 bits per heavy atom. The minimum atomic E-state index is -0.112. The number of tetrazole rings is 1. The topological polar surface area (TPSA) is 69.4 Å². The minimum Gasteiger partial charge on any atom is -0.223 e. The largest absolute Gasteiger partial charge is 0.223 e. The fourth-order valence-electron chi connectivity index (χ4n) is 1.28. The normalized spacial score (nSPS) is 12.0. The number of halogens is 1. The third kappa shape index (κ3) is 2.19. The second-order valence-corrected chi connectivity index (χ2v) is 5.76. The molecule has 86 valence electrons. The van der Waals surface area contributed by atoms with Crippen LogP contribution in [-0.4, -0.2) is 29.8 Å². The van der Waals surface area contributed by atoms with Crippen LogP contribution in [0, 0.1) is 0 Å². The minimum absolute atomic E-state index is 0.112. The zero-order chi connectivity index (χ0) is 11.8. The summed E-state index contributed by atoms with van der Waals surface area (Å²) >= 11 is 7.10. The van der Waals surface area contributed by atoms with Gasteiger partial charge in [0, 0.05) is 16.9 Å². The van der Waals surface area contributed by atoms with Gasteiger partial charge in [0.05, 0.1) is 6.54 Å². The molecule has 2 aromatic heterocycles. The van der Waals surface area contributed by atoms with E-state index in [1.165, 1.54) is 0 Å². The van der Waals surface area contributed by atoms with Gasteiger partial charge in [0.1, 0.15) is 10.0 Å². The lowest BCUT2D eigenvalue weighted by Crippen LogP contribution is -2.20. The molecule has 0 atom stereocenters. The van der Waals surface area contributed by atoms with Crippen molar-refractivity contribution in [2.75, 3.05) is 0 Å². The summed E-state index contributed by atoms with van der Waals surface area (Å²) in [5, 5.41) is 15.6. The Balaban J connectivity index is 2.30. The third-order valence-corrected chi connectivity index (χ3v) is 3.00. The Kier molecular flexibility index (Phi) is 2.90. The van der Waals surface area contributed by atoms with Crippen molar-refractivity contribution in [1.29, 1.82) is 0 Å². The number of hydrogen-bond acceptors (Lipinski definition) is 6. The number of nitrogens with zero attached hydrogens (tertiary/aromatic N) is 6. The van der Waals surface area contributed by atoms with Gasteiger partial charge in [0.15, 0.2) is 5.82 Å². The molecule has 0 fully saturated rings. The van der Waals surface area contributed by atoms with E-state index in [0.717, 1.165) is 17.4 Å². The van der Waals surface area contributed by atoms with Crippen LogP contribution in [0.25, 0.3) is 0 Å². The van der Waals surface area contributed by atoms with Gasteiger partial charge in [-0.3, -0.25) is 0 Å². The first-order chi connectivity index (χ1) is 7.48. The Bertz CT molecular complexity index is 485. The van der Waals surface area contributed by atoms with Crippen molar-refractivity contribution in [1.82, 2.24) is 29.8 Å². The summed E-state index contributed by atoms with van der Waals surface area (Å²) in [4.78, 5) is 0. The second-order valence-electron chi connectivity index (χ2n) is 4.40. The lowest BCUT2D eigenvalue weighted by Gasteiger charge is -2.16. The summed E-state index contributed by atoms with van der Waals surface area (Å²) < 4.78 is 6.05. The zero-order valence-corrected chi connectivity index (χ0v) is 10.7. The summed E-state index contributed by atoms with van der Waals surface area (Å²) in [6.07, 6.45) is 0. The standard InChI is InChI=1S/C8H11ClN6S/c1-8(2,3)7-11-12-13-15(7)4-5-6(9)16-14-10-5/h4H2,1-3H3. The van der Waals surface area contributed by atoms with Crippen LogP contribution in [0.4, 0.5) is 0 Å². The molecule has 0 aliphatic heterocycles. The van der Waals surface area contributed by atoms with Crippen LogP contribution in [0.1, 0.15) is 32.3 Å². The van der Waals surface area contributed by atoms with E-state index >= 15 is 0 Å².